The molecule has 184 valence electrons. The van der Waals surface area contributed by atoms with E-state index in [4.69, 9.17) is 20.4 Å². The molecule has 0 fully saturated rings. The number of nitrogens with one attached hydrogen (secondary N) is 3. The van der Waals surface area contributed by atoms with E-state index in [9.17, 15) is 27.6 Å². The second-order valence-corrected chi connectivity index (χ2v) is 6.55. The average molecular weight is 484 g/mol. The lowest BCUT2D eigenvalue weighted by atomic mass is 10.1. The minimum Gasteiger partial charge on any atom is -0.475 e. The largest absolute Gasteiger partial charge is 0.490 e. The van der Waals surface area contributed by atoms with Gasteiger partial charge in [0.15, 0.2) is 0 Å². The van der Waals surface area contributed by atoms with Crippen LogP contribution in [-0.2, 0) is 32.1 Å². The number of rotatable bonds is 7. The SMILES string of the molecule is NC(Cc1ccccc1)C(=O)NNC(=O)CNC(=O)OCc1ccccc1.O=C(O)C(F)(F)F. The number of alkyl carbamates (subject to hydrolysis) is 1. The van der Waals surface area contributed by atoms with Crippen LogP contribution < -0.4 is 21.9 Å². The summed E-state index contributed by atoms with van der Waals surface area (Å²) in [7, 11) is 0. The third-order valence-corrected chi connectivity index (χ3v) is 3.81. The smallest absolute Gasteiger partial charge is 0.475 e. The molecule has 0 saturated heterocycles. The van der Waals surface area contributed by atoms with Crippen molar-refractivity contribution in [2.24, 2.45) is 5.73 Å². The molecule has 0 spiro atoms. The molecule has 0 aliphatic carbocycles. The van der Waals surface area contributed by atoms with Crippen LogP contribution in [0.1, 0.15) is 11.1 Å². The van der Waals surface area contributed by atoms with Crippen LogP contribution in [0.3, 0.4) is 0 Å². The molecule has 13 heteroatoms. The maximum Gasteiger partial charge on any atom is 0.490 e. The highest BCUT2D eigenvalue weighted by atomic mass is 19.4. The zero-order chi connectivity index (χ0) is 25.6. The van der Waals surface area contributed by atoms with Crippen LogP contribution in [0.2, 0.25) is 0 Å². The predicted molar refractivity (Wildman–Crippen MR) is 113 cm³/mol. The lowest BCUT2D eigenvalue weighted by Crippen LogP contribution is -2.52. The van der Waals surface area contributed by atoms with E-state index in [2.05, 4.69) is 16.2 Å². The van der Waals surface area contributed by atoms with Crippen molar-refractivity contribution < 1.29 is 42.2 Å². The van der Waals surface area contributed by atoms with E-state index < -0.39 is 36.1 Å². The lowest BCUT2D eigenvalue weighted by Gasteiger charge is -2.13. The standard InChI is InChI=1S/C19H22N4O4.C2HF3O2/c20-16(11-14-7-3-1-4-8-14)18(25)23-22-17(24)12-21-19(26)27-13-15-9-5-2-6-10-15;3-2(4,5)1(6)7/h1-10,16H,11-13,20H2,(H,21,26)(H,22,24)(H,23,25);(H,6,7). The quantitative estimate of drug-likeness (QED) is 0.370. The number of alkyl halides is 3. The van der Waals surface area contributed by atoms with Gasteiger partial charge in [-0.1, -0.05) is 60.7 Å². The fourth-order valence-electron chi connectivity index (χ4n) is 2.16. The van der Waals surface area contributed by atoms with Crippen LogP contribution in [-0.4, -0.2) is 47.7 Å². The summed E-state index contributed by atoms with van der Waals surface area (Å²) in [5.41, 5.74) is 12.0. The highest BCUT2D eigenvalue weighted by Gasteiger charge is 2.38. The molecule has 0 saturated carbocycles. The molecule has 0 radical (unpaired) electrons. The number of hydrogen-bond acceptors (Lipinski definition) is 6. The molecule has 10 nitrogen and oxygen atoms in total. The highest BCUT2D eigenvalue weighted by molar-refractivity contribution is 5.87. The fraction of sp³-hybridized carbons (Fsp3) is 0.238. The van der Waals surface area contributed by atoms with Crippen LogP contribution in [0.5, 0.6) is 0 Å². The normalized spacial score (nSPS) is 11.2. The fourth-order valence-corrected chi connectivity index (χ4v) is 2.16. The second-order valence-electron chi connectivity index (χ2n) is 6.55. The first-order valence-corrected chi connectivity index (χ1v) is 9.62. The van der Waals surface area contributed by atoms with Crippen molar-refractivity contribution >= 4 is 23.9 Å². The molecule has 3 amide bonds. The summed E-state index contributed by atoms with van der Waals surface area (Å²) in [6, 6.07) is 17.6. The maximum absolute atomic E-state index is 11.9. The number of hydrogen-bond donors (Lipinski definition) is 5. The number of carbonyl (C=O) groups excluding carboxylic acids is 3. The van der Waals surface area contributed by atoms with Gasteiger partial charge in [0.2, 0.25) is 0 Å². The van der Waals surface area contributed by atoms with Crippen LogP contribution in [0, 0.1) is 0 Å². The zero-order valence-electron chi connectivity index (χ0n) is 17.7. The molecule has 6 N–H and O–H groups in total. The van der Waals surface area contributed by atoms with Crippen molar-refractivity contribution in [1.29, 1.82) is 0 Å². The van der Waals surface area contributed by atoms with Crippen molar-refractivity contribution in [2.45, 2.75) is 25.2 Å². The molecule has 0 aromatic heterocycles. The number of benzene rings is 2. The van der Waals surface area contributed by atoms with Gasteiger partial charge in [-0.05, 0) is 17.5 Å². The van der Waals surface area contributed by atoms with E-state index in [1.807, 2.05) is 60.7 Å². The van der Waals surface area contributed by atoms with Gasteiger partial charge in [-0.15, -0.1) is 0 Å². The van der Waals surface area contributed by atoms with E-state index >= 15 is 0 Å². The number of carboxylic acid groups (broad SMARTS) is 1. The van der Waals surface area contributed by atoms with E-state index in [1.54, 1.807) is 0 Å². The molecule has 0 bridgehead atoms. The number of ether oxygens (including phenoxy) is 1. The third kappa shape index (κ3) is 12.0. The van der Waals surface area contributed by atoms with Crippen LogP contribution >= 0.6 is 0 Å². The molecule has 0 aliphatic heterocycles. The van der Waals surface area contributed by atoms with E-state index in [-0.39, 0.29) is 13.2 Å². The number of amides is 3. The molecule has 2 aromatic carbocycles. The van der Waals surface area contributed by atoms with E-state index in [1.165, 1.54) is 0 Å². The Morgan fingerprint density at radius 2 is 1.41 bits per heavy atom. The van der Waals surface area contributed by atoms with Gasteiger partial charge in [-0.2, -0.15) is 13.2 Å². The molecular formula is C21H23F3N4O6. The number of aliphatic carboxylic acids is 1. The van der Waals surface area contributed by atoms with Crippen molar-refractivity contribution in [3.05, 3.63) is 71.8 Å². The number of carboxylic acids is 1. The Balaban J connectivity index is 0.000000718. The van der Waals surface area contributed by atoms with Gasteiger partial charge in [0, 0.05) is 0 Å². The summed E-state index contributed by atoms with van der Waals surface area (Å²) >= 11 is 0. The van der Waals surface area contributed by atoms with Crippen LogP contribution in [0.4, 0.5) is 18.0 Å². The zero-order valence-corrected chi connectivity index (χ0v) is 17.7. The first kappa shape index (κ1) is 27.9. The Hall–Kier alpha value is -4.13. The molecule has 1 atom stereocenters. The van der Waals surface area contributed by atoms with Crippen molar-refractivity contribution in [3.63, 3.8) is 0 Å². The van der Waals surface area contributed by atoms with Crippen molar-refractivity contribution in [2.75, 3.05) is 6.54 Å². The molecule has 0 heterocycles. The molecule has 1 unspecified atom stereocenters. The van der Waals surface area contributed by atoms with E-state index in [0.717, 1.165) is 11.1 Å². The maximum atomic E-state index is 11.9. The summed E-state index contributed by atoms with van der Waals surface area (Å²) in [6.45, 7) is -0.249. The Morgan fingerprint density at radius 1 is 0.912 bits per heavy atom. The van der Waals surface area contributed by atoms with Crippen LogP contribution in [0.15, 0.2) is 60.7 Å². The Kier molecular flexibility index (Phi) is 11.6. The highest BCUT2D eigenvalue weighted by Crippen LogP contribution is 2.13. The topological polar surface area (TPSA) is 160 Å². The minimum absolute atomic E-state index is 0.0966. The first-order chi connectivity index (χ1) is 16.0. The number of carbonyl (C=O) groups is 4. The third-order valence-electron chi connectivity index (χ3n) is 3.81. The summed E-state index contributed by atoms with van der Waals surface area (Å²) in [5.74, 6) is -3.89. The van der Waals surface area contributed by atoms with Crippen molar-refractivity contribution in [3.8, 4) is 0 Å². The van der Waals surface area contributed by atoms with Gasteiger partial charge in [0.1, 0.15) is 13.2 Å². The van der Waals surface area contributed by atoms with Gasteiger partial charge < -0.3 is 20.9 Å². The summed E-state index contributed by atoms with van der Waals surface area (Å²) in [6.07, 6.45) is -5.48. The number of hydrazine groups is 1. The van der Waals surface area contributed by atoms with Gasteiger partial charge in [0.25, 0.3) is 11.8 Å². The monoisotopic (exact) mass is 484 g/mol. The Morgan fingerprint density at radius 3 is 1.91 bits per heavy atom. The molecule has 2 rings (SSSR count). The van der Waals surface area contributed by atoms with Gasteiger partial charge in [-0.3, -0.25) is 20.4 Å². The summed E-state index contributed by atoms with van der Waals surface area (Å²) in [5, 5.41) is 9.41. The number of halogens is 3. The minimum atomic E-state index is -5.08. The van der Waals surface area contributed by atoms with Crippen LogP contribution in [0.25, 0.3) is 0 Å². The summed E-state index contributed by atoms with van der Waals surface area (Å²) in [4.78, 5) is 44.0. The second kappa shape index (κ2) is 14.1. The Bertz CT molecular complexity index is 943. The predicted octanol–water partition coefficient (Wildman–Crippen LogP) is 1.26. The molecule has 0 aliphatic rings. The van der Waals surface area contributed by atoms with Crippen molar-refractivity contribution in [1.82, 2.24) is 16.2 Å². The lowest BCUT2D eigenvalue weighted by molar-refractivity contribution is -0.192. The molecule has 34 heavy (non-hydrogen) atoms. The average Bonchev–Trinajstić information content (AvgIpc) is 2.81. The van der Waals surface area contributed by atoms with E-state index in [0.29, 0.717) is 6.42 Å². The van der Waals surface area contributed by atoms with Gasteiger partial charge in [0.05, 0.1) is 6.04 Å². The Labute approximate surface area is 192 Å². The molecular weight excluding hydrogens is 461 g/mol. The number of nitrogens with two attached hydrogens (primary N) is 1. The van der Waals surface area contributed by atoms with Gasteiger partial charge >= 0.3 is 18.2 Å². The van der Waals surface area contributed by atoms with Gasteiger partial charge in [-0.25, -0.2) is 9.59 Å². The molecule has 2 aromatic rings. The first-order valence-electron chi connectivity index (χ1n) is 9.62. The summed E-state index contributed by atoms with van der Waals surface area (Å²) < 4.78 is 36.7.